The van der Waals surface area contributed by atoms with Crippen molar-refractivity contribution in [3.8, 4) is 0 Å². The van der Waals surface area contributed by atoms with Crippen LogP contribution >= 0.6 is 0 Å². The maximum atomic E-state index is 11.9. The molecule has 0 atom stereocenters. The largest absolute Gasteiger partial charge is 0.464 e. The molecule has 1 fully saturated rings. The average molecular weight is 270 g/mol. The summed E-state index contributed by atoms with van der Waals surface area (Å²) in [6.45, 7) is 4.97. The van der Waals surface area contributed by atoms with Gasteiger partial charge in [0, 0.05) is 26.1 Å². The van der Waals surface area contributed by atoms with Gasteiger partial charge in [0.1, 0.15) is 6.61 Å². The van der Waals surface area contributed by atoms with Crippen molar-refractivity contribution in [2.75, 3.05) is 40.3 Å². The van der Waals surface area contributed by atoms with Gasteiger partial charge >= 0.3 is 5.97 Å². The van der Waals surface area contributed by atoms with Crippen molar-refractivity contribution in [1.82, 2.24) is 9.80 Å². The van der Waals surface area contributed by atoms with Gasteiger partial charge in [0.15, 0.2) is 0 Å². The molecule has 0 spiro atoms. The molecule has 1 rings (SSSR count). The van der Waals surface area contributed by atoms with E-state index in [0.717, 1.165) is 25.9 Å². The Bertz CT molecular complexity index is 297. The fourth-order valence-electron chi connectivity index (χ4n) is 2.04. The molecule has 0 unspecified atom stereocenters. The molecular weight excluding hydrogens is 244 g/mol. The first-order valence-electron chi connectivity index (χ1n) is 7.07. The second-order valence-corrected chi connectivity index (χ2v) is 5.59. The number of ether oxygens (including phenoxy) is 1. The smallest absolute Gasteiger partial charge is 0.306 e. The molecule has 5 heteroatoms. The Labute approximate surface area is 115 Å². The summed E-state index contributed by atoms with van der Waals surface area (Å²) in [6, 6.07) is 0. The summed E-state index contributed by atoms with van der Waals surface area (Å²) in [5.74, 6) is 0.511. The summed E-state index contributed by atoms with van der Waals surface area (Å²) in [7, 11) is 3.85. The Kier molecular flexibility index (Phi) is 6.84. The topological polar surface area (TPSA) is 49.9 Å². The van der Waals surface area contributed by atoms with Crippen molar-refractivity contribution in [1.29, 1.82) is 0 Å². The second kappa shape index (κ2) is 8.15. The Balaban J connectivity index is 2.14. The molecule has 1 aliphatic rings. The van der Waals surface area contributed by atoms with Crippen LogP contribution in [0.2, 0.25) is 0 Å². The molecule has 0 saturated carbocycles. The number of likely N-dealkylation sites (N-methyl/N-ethyl adjacent to an activating group) is 1. The van der Waals surface area contributed by atoms with Crippen LogP contribution < -0.4 is 0 Å². The van der Waals surface area contributed by atoms with Crippen molar-refractivity contribution in [2.24, 2.45) is 5.92 Å². The maximum Gasteiger partial charge on any atom is 0.306 e. The number of hydrogen-bond acceptors (Lipinski definition) is 4. The summed E-state index contributed by atoms with van der Waals surface area (Å²) in [5.41, 5.74) is 0. The number of esters is 1. The van der Waals surface area contributed by atoms with Crippen molar-refractivity contribution >= 4 is 11.9 Å². The van der Waals surface area contributed by atoms with Crippen LogP contribution in [0.4, 0.5) is 0 Å². The first-order chi connectivity index (χ1) is 8.99. The van der Waals surface area contributed by atoms with E-state index < -0.39 is 0 Å². The van der Waals surface area contributed by atoms with E-state index in [4.69, 9.17) is 4.74 Å². The SMILES string of the molecule is CC1CCN(C(=O)CCC(=O)OCCN(C)C)CC1. The molecule has 1 heterocycles. The highest BCUT2D eigenvalue weighted by Gasteiger charge is 2.20. The number of carbonyl (C=O) groups excluding carboxylic acids is 2. The summed E-state index contributed by atoms with van der Waals surface area (Å²) >= 11 is 0. The molecule has 1 aliphatic heterocycles. The average Bonchev–Trinajstić information content (AvgIpc) is 2.36. The minimum atomic E-state index is -0.277. The fourth-order valence-corrected chi connectivity index (χ4v) is 2.04. The van der Waals surface area contributed by atoms with Crippen LogP contribution in [0.15, 0.2) is 0 Å². The molecule has 5 nitrogen and oxygen atoms in total. The number of nitrogens with zero attached hydrogens (tertiary/aromatic N) is 2. The number of carbonyl (C=O) groups is 2. The Hall–Kier alpha value is -1.10. The lowest BCUT2D eigenvalue weighted by molar-refractivity contribution is -0.146. The van der Waals surface area contributed by atoms with Crippen molar-refractivity contribution < 1.29 is 14.3 Å². The Morgan fingerprint density at radius 1 is 1.21 bits per heavy atom. The van der Waals surface area contributed by atoms with Gasteiger partial charge in [-0.25, -0.2) is 0 Å². The zero-order valence-electron chi connectivity index (χ0n) is 12.4. The monoisotopic (exact) mass is 270 g/mol. The molecule has 0 aromatic heterocycles. The van der Waals surface area contributed by atoms with Gasteiger partial charge in [-0.1, -0.05) is 6.92 Å². The van der Waals surface area contributed by atoms with E-state index in [1.165, 1.54) is 0 Å². The van der Waals surface area contributed by atoms with E-state index >= 15 is 0 Å². The lowest BCUT2D eigenvalue weighted by Gasteiger charge is -2.30. The molecule has 0 aromatic carbocycles. The molecular formula is C14H26N2O3. The quantitative estimate of drug-likeness (QED) is 0.679. The van der Waals surface area contributed by atoms with Crippen LogP contribution in [0.3, 0.4) is 0 Å². The highest BCUT2D eigenvalue weighted by molar-refractivity contribution is 5.81. The predicted octanol–water partition coefficient (Wildman–Crippen LogP) is 1.13. The van der Waals surface area contributed by atoms with Crippen LogP contribution in [0.5, 0.6) is 0 Å². The normalized spacial score (nSPS) is 16.7. The molecule has 0 N–H and O–H groups in total. The van der Waals surface area contributed by atoms with E-state index in [2.05, 4.69) is 6.92 Å². The third-order valence-electron chi connectivity index (χ3n) is 3.48. The number of rotatable bonds is 6. The zero-order chi connectivity index (χ0) is 14.3. The first-order valence-corrected chi connectivity index (χ1v) is 7.07. The van der Waals surface area contributed by atoms with Crippen LogP contribution in [-0.2, 0) is 14.3 Å². The second-order valence-electron chi connectivity index (χ2n) is 5.59. The number of hydrogen-bond donors (Lipinski definition) is 0. The molecule has 19 heavy (non-hydrogen) atoms. The van der Waals surface area contributed by atoms with Gasteiger partial charge in [-0.3, -0.25) is 9.59 Å². The first kappa shape index (κ1) is 16.0. The van der Waals surface area contributed by atoms with Crippen LogP contribution in [-0.4, -0.2) is 62.0 Å². The summed E-state index contributed by atoms with van der Waals surface area (Å²) in [5, 5.41) is 0. The summed E-state index contributed by atoms with van der Waals surface area (Å²) < 4.78 is 5.06. The summed E-state index contributed by atoms with van der Waals surface area (Å²) in [4.78, 5) is 27.2. The highest BCUT2D eigenvalue weighted by Crippen LogP contribution is 2.16. The van der Waals surface area contributed by atoms with Gasteiger partial charge in [0.25, 0.3) is 0 Å². The maximum absolute atomic E-state index is 11.9. The van der Waals surface area contributed by atoms with E-state index in [9.17, 15) is 9.59 Å². The summed E-state index contributed by atoms with van der Waals surface area (Å²) in [6.07, 6.45) is 2.60. The number of piperidine rings is 1. The van der Waals surface area contributed by atoms with Gasteiger partial charge in [-0.05, 0) is 32.9 Å². The predicted molar refractivity (Wildman–Crippen MR) is 73.7 cm³/mol. The van der Waals surface area contributed by atoms with Crippen molar-refractivity contribution in [3.63, 3.8) is 0 Å². The molecule has 1 saturated heterocycles. The third-order valence-corrected chi connectivity index (χ3v) is 3.48. The third kappa shape index (κ3) is 6.57. The zero-order valence-corrected chi connectivity index (χ0v) is 12.4. The lowest BCUT2D eigenvalue weighted by atomic mass is 9.99. The molecule has 1 amide bonds. The van der Waals surface area contributed by atoms with Gasteiger partial charge in [-0.15, -0.1) is 0 Å². The van der Waals surface area contributed by atoms with Gasteiger partial charge in [-0.2, -0.15) is 0 Å². The molecule has 110 valence electrons. The Morgan fingerprint density at radius 2 is 1.84 bits per heavy atom. The lowest BCUT2D eigenvalue weighted by Crippen LogP contribution is -2.38. The van der Waals surface area contributed by atoms with Crippen LogP contribution in [0.25, 0.3) is 0 Å². The van der Waals surface area contributed by atoms with Gasteiger partial charge in [0.05, 0.1) is 6.42 Å². The Morgan fingerprint density at radius 3 is 2.42 bits per heavy atom. The van der Waals surface area contributed by atoms with Crippen LogP contribution in [0, 0.1) is 5.92 Å². The molecule has 0 aliphatic carbocycles. The van der Waals surface area contributed by atoms with E-state index in [0.29, 0.717) is 19.1 Å². The van der Waals surface area contributed by atoms with Crippen molar-refractivity contribution in [3.05, 3.63) is 0 Å². The van der Waals surface area contributed by atoms with Crippen LogP contribution in [0.1, 0.15) is 32.6 Å². The molecule has 0 aromatic rings. The van der Waals surface area contributed by atoms with E-state index in [-0.39, 0.29) is 24.7 Å². The standard InChI is InChI=1S/C14H26N2O3/c1-12-6-8-16(9-7-12)13(17)4-5-14(18)19-11-10-15(2)3/h12H,4-11H2,1-3H3. The van der Waals surface area contributed by atoms with Crippen molar-refractivity contribution in [2.45, 2.75) is 32.6 Å². The van der Waals surface area contributed by atoms with E-state index in [1.54, 1.807) is 0 Å². The fraction of sp³-hybridized carbons (Fsp3) is 0.857. The number of amides is 1. The minimum Gasteiger partial charge on any atom is -0.464 e. The highest BCUT2D eigenvalue weighted by atomic mass is 16.5. The van der Waals surface area contributed by atoms with Gasteiger partial charge in [0.2, 0.25) is 5.91 Å². The van der Waals surface area contributed by atoms with Gasteiger partial charge < -0.3 is 14.5 Å². The molecule has 0 radical (unpaired) electrons. The minimum absolute atomic E-state index is 0.0801. The van der Waals surface area contributed by atoms with E-state index in [1.807, 2.05) is 23.9 Å². The molecule has 0 bridgehead atoms. The number of likely N-dealkylation sites (tertiary alicyclic amines) is 1.